The molecule has 0 unspecified atom stereocenters. The summed E-state index contributed by atoms with van der Waals surface area (Å²) >= 11 is 5.96. The van der Waals surface area contributed by atoms with E-state index in [9.17, 15) is 9.59 Å². The number of nitrogens with one attached hydrogen (secondary N) is 2. The molecule has 0 saturated carbocycles. The van der Waals surface area contributed by atoms with Gasteiger partial charge in [0.05, 0.1) is 12.1 Å². The van der Waals surface area contributed by atoms with Crippen molar-refractivity contribution < 1.29 is 9.59 Å². The summed E-state index contributed by atoms with van der Waals surface area (Å²) < 4.78 is 0. The maximum atomic E-state index is 12.3. The Labute approximate surface area is 174 Å². The number of benzene rings is 2. The first-order valence-electron chi connectivity index (χ1n) is 9.11. The first kappa shape index (κ1) is 20.5. The van der Waals surface area contributed by atoms with Gasteiger partial charge in [-0.15, -0.1) is 0 Å². The second-order valence-corrected chi connectivity index (χ2v) is 7.18. The minimum Gasteiger partial charge on any atom is -0.326 e. The highest BCUT2D eigenvalue weighted by Gasteiger charge is 2.08. The van der Waals surface area contributed by atoms with Gasteiger partial charge in [0.25, 0.3) is 0 Å². The third kappa shape index (κ3) is 6.12. The Kier molecular flexibility index (Phi) is 6.57. The Balaban J connectivity index is 1.60. The zero-order valence-corrected chi connectivity index (χ0v) is 17.0. The number of carbonyl (C=O) groups is 2. The lowest BCUT2D eigenvalue weighted by atomic mass is 10.1. The first-order chi connectivity index (χ1) is 13.9. The second-order valence-electron chi connectivity index (χ2n) is 6.75. The molecule has 1 heterocycles. The molecule has 3 aromatic rings. The van der Waals surface area contributed by atoms with E-state index in [0.717, 1.165) is 28.1 Å². The predicted molar refractivity (Wildman–Crippen MR) is 114 cm³/mol. The van der Waals surface area contributed by atoms with Crippen LogP contribution in [0.25, 0.3) is 0 Å². The van der Waals surface area contributed by atoms with E-state index in [4.69, 9.17) is 11.6 Å². The van der Waals surface area contributed by atoms with Crippen LogP contribution in [0.3, 0.4) is 0 Å². The minimum absolute atomic E-state index is 0.0843. The van der Waals surface area contributed by atoms with E-state index >= 15 is 0 Å². The molecule has 148 valence electrons. The number of halogens is 1. The molecule has 0 saturated heterocycles. The summed E-state index contributed by atoms with van der Waals surface area (Å²) in [6.45, 7) is 3.37. The number of anilines is 2. The maximum Gasteiger partial charge on any atom is 0.228 e. The topological polar surface area (TPSA) is 84.0 Å². The third-order valence-electron chi connectivity index (χ3n) is 4.31. The van der Waals surface area contributed by atoms with Gasteiger partial charge >= 0.3 is 0 Å². The van der Waals surface area contributed by atoms with Gasteiger partial charge < -0.3 is 10.6 Å². The van der Waals surface area contributed by atoms with Gasteiger partial charge in [0.15, 0.2) is 0 Å². The van der Waals surface area contributed by atoms with Crippen molar-refractivity contribution in [3.63, 3.8) is 0 Å². The van der Waals surface area contributed by atoms with E-state index in [1.165, 1.54) is 13.3 Å². The van der Waals surface area contributed by atoms with Gasteiger partial charge in [-0.25, -0.2) is 9.97 Å². The highest BCUT2D eigenvalue weighted by molar-refractivity contribution is 6.30. The van der Waals surface area contributed by atoms with Gasteiger partial charge in [0.2, 0.25) is 11.8 Å². The zero-order valence-electron chi connectivity index (χ0n) is 16.2. The largest absolute Gasteiger partial charge is 0.326 e. The predicted octanol–water partition coefficient (Wildman–Crippen LogP) is 4.17. The van der Waals surface area contributed by atoms with Gasteiger partial charge in [-0.2, -0.15) is 0 Å². The molecule has 2 N–H and O–H groups in total. The molecule has 0 aliphatic carbocycles. The molecule has 0 spiro atoms. The Morgan fingerprint density at radius 1 is 1.00 bits per heavy atom. The number of hydrogen-bond donors (Lipinski definition) is 2. The summed E-state index contributed by atoms with van der Waals surface area (Å²) in [5, 5.41) is 6.21. The van der Waals surface area contributed by atoms with Crippen molar-refractivity contribution in [1.82, 2.24) is 9.97 Å². The first-order valence-corrected chi connectivity index (χ1v) is 9.49. The molecule has 2 amide bonds. The van der Waals surface area contributed by atoms with Crippen molar-refractivity contribution >= 4 is 34.9 Å². The monoisotopic (exact) mass is 408 g/mol. The van der Waals surface area contributed by atoms with Crippen LogP contribution in [0.15, 0.2) is 54.9 Å². The molecule has 29 heavy (non-hydrogen) atoms. The van der Waals surface area contributed by atoms with Crippen molar-refractivity contribution in [3.05, 3.63) is 82.3 Å². The van der Waals surface area contributed by atoms with E-state index in [-0.39, 0.29) is 18.2 Å². The molecule has 1 aromatic heterocycles. The smallest absolute Gasteiger partial charge is 0.228 e. The number of rotatable bonds is 6. The van der Waals surface area contributed by atoms with Crippen molar-refractivity contribution in [3.8, 4) is 0 Å². The molecular formula is C22H21ClN4O2. The van der Waals surface area contributed by atoms with E-state index in [1.807, 2.05) is 43.3 Å². The van der Waals surface area contributed by atoms with Crippen molar-refractivity contribution in [2.75, 3.05) is 10.6 Å². The Bertz CT molecular complexity index is 1040. The molecule has 2 aromatic carbocycles. The SMILES string of the molecule is CC(=O)Nc1cc(Cc2ccc(NC(=O)Cc3ccc(Cl)cc3C)cc2)ncn1. The second kappa shape index (κ2) is 9.30. The summed E-state index contributed by atoms with van der Waals surface area (Å²) in [5.74, 6) is 0.214. The fourth-order valence-corrected chi connectivity index (χ4v) is 3.12. The molecule has 0 bridgehead atoms. The molecular weight excluding hydrogens is 388 g/mol. The van der Waals surface area contributed by atoms with Crippen LogP contribution in [-0.2, 0) is 22.4 Å². The molecule has 0 atom stereocenters. The quantitative estimate of drug-likeness (QED) is 0.641. The van der Waals surface area contributed by atoms with Crippen LogP contribution in [-0.4, -0.2) is 21.8 Å². The molecule has 0 aliphatic rings. The Morgan fingerprint density at radius 3 is 2.45 bits per heavy atom. The average Bonchev–Trinajstić information content (AvgIpc) is 2.65. The fraction of sp³-hybridized carbons (Fsp3) is 0.182. The van der Waals surface area contributed by atoms with Crippen molar-refractivity contribution in [2.24, 2.45) is 0 Å². The molecule has 0 fully saturated rings. The van der Waals surface area contributed by atoms with Gasteiger partial charge in [-0.1, -0.05) is 29.8 Å². The highest BCUT2D eigenvalue weighted by Crippen LogP contribution is 2.17. The number of amides is 2. The standard InChI is InChI=1S/C22H21ClN4O2/c1-14-9-18(23)6-5-17(14)11-22(29)27-19-7-3-16(4-8-19)10-20-12-21(25-13-24-20)26-15(2)28/h3-9,12-13H,10-11H2,1-2H3,(H,27,29)(H,24,25,26,28). The number of carbonyl (C=O) groups excluding carboxylic acids is 2. The van der Waals surface area contributed by atoms with Gasteiger partial charge in [-0.05, 0) is 47.9 Å². The molecule has 0 aliphatic heterocycles. The van der Waals surface area contributed by atoms with Crippen LogP contribution in [0.4, 0.5) is 11.5 Å². The number of nitrogens with zero attached hydrogens (tertiary/aromatic N) is 2. The Hall–Kier alpha value is -3.25. The van der Waals surface area contributed by atoms with E-state index in [2.05, 4.69) is 20.6 Å². The maximum absolute atomic E-state index is 12.3. The summed E-state index contributed by atoms with van der Waals surface area (Å²) in [6, 6.07) is 14.8. The summed E-state index contributed by atoms with van der Waals surface area (Å²) in [5.41, 5.74) is 4.49. The molecule has 7 heteroatoms. The molecule has 6 nitrogen and oxygen atoms in total. The van der Waals surface area contributed by atoms with Crippen LogP contribution in [0.5, 0.6) is 0 Å². The van der Waals surface area contributed by atoms with Crippen LogP contribution in [0.1, 0.15) is 29.3 Å². The van der Waals surface area contributed by atoms with Gasteiger partial charge in [0.1, 0.15) is 12.1 Å². The highest BCUT2D eigenvalue weighted by atomic mass is 35.5. The normalized spacial score (nSPS) is 10.4. The van der Waals surface area contributed by atoms with Gasteiger partial charge in [-0.3, -0.25) is 9.59 Å². The zero-order chi connectivity index (χ0) is 20.8. The summed E-state index contributed by atoms with van der Waals surface area (Å²) in [7, 11) is 0. The lowest BCUT2D eigenvalue weighted by Crippen LogP contribution is -2.15. The number of hydrogen-bond acceptors (Lipinski definition) is 4. The lowest BCUT2D eigenvalue weighted by Gasteiger charge is -2.09. The Morgan fingerprint density at radius 2 is 1.76 bits per heavy atom. The van der Waals surface area contributed by atoms with Crippen LogP contribution >= 0.6 is 11.6 Å². The molecule has 3 rings (SSSR count). The number of aryl methyl sites for hydroxylation is 1. The van der Waals surface area contributed by atoms with E-state index in [1.54, 1.807) is 12.1 Å². The summed E-state index contributed by atoms with van der Waals surface area (Å²) in [6.07, 6.45) is 2.30. The molecule has 0 radical (unpaired) electrons. The number of aromatic nitrogens is 2. The third-order valence-corrected chi connectivity index (χ3v) is 4.54. The van der Waals surface area contributed by atoms with Gasteiger partial charge in [0, 0.05) is 30.1 Å². The minimum atomic E-state index is -0.177. The fourth-order valence-electron chi connectivity index (χ4n) is 2.89. The summed E-state index contributed by atoms with van der Waals surface area (Å²) in [4.78, 5) is 31.7. The van der Waals surface area contributed by atoms with Crippen molar-refractivity contribution in [1.29, 1.82) is 0 Å². The van der Waals surface area contributed by atoms with E-state index < -0.39 is 0 Å². The van der Waals surface area contributed by atoms with Crippen LogP contribution in [0, 0.1) is 6.92 Å². The van der Waals surface area contributed by atoms with Crippen LogP contribution < -0.4 is 10.6 Å². The average molecular weight is 409 g/mol. The van der Waals surface area contributed by atoms with Crippen LogP contribution in [0.2, 0.25) is 5.02 Å². The van der Waals surface area contributed by atoms with E-state index in [0.29, 0.717) is 17.3 Å². The van der Waals surface area contributed by atoms with Crippen molar-refractivity contribution in [2.45, 2.75) is 26.7 Å². The lowest BCUT2D eigenvalue weighted by molar-refractivity contribution is -0.116.